The second kappa shape index (κ2) is 5.05. The van der Waals surface area contributed by atoms with Crippen molar-refractivity contribution < 1.29 is 14.4 Å². The first kappa shape index (κ1) is 14.2. The van der Waals surface area contributed by atoms with Crippen LogP contribution in [0.25, 0.3) is 0 Å². The molecule has 0 unspecified atom stereocenters. The van der Waals surface area contributed by atoms with Gasteiger partial charge < -0.3 is 11.1 Å². The maximum absolute atomic E-state index is 12.0. The fourth-order valence-electron chi connectivity index (χ4n) is 1.91. The number of carbonyl (C=O) groups is 3. The van der Waals surface area contributed by atoms with Crippen molar-refractivity contribution in [2.45, 2.75) is 19.4 Å². The molecule has 0 bridgehead atoms. The van der Waals surface area contributed by atoms with Gasteiger partial charge in [0.25, 0.3) is 11.8 Å². The van der Waals surface area contributed by atoms with E-state index < -0.39 is 23.3 Å². The third-order valence-corrected chi connectivity index (χ3v) is 2.92. The maximum Gasteiger partial charge on any atom is 0.262 e. The van der Waals surface area contributed by atoms with Crippen molar-refractivity contribution in [2.75, 3.05) is 13.1 Å². The van der Waals surface area contributed by atoms with Crippen molar-refractivity contribution in [1.82, 2.24) is 10.2 Å². The van der Waals surface area contributed by atoms with Crippen LogP contribution in [0, 0.1) is 0 Å². The molecule has 2 rings (SSSR count). The molecule has 106 valence electrons. The molecule has 1 aliphatic rings. The Bertz CT molecular complexity index is 540. The highest BCUT2D eigenvalue weighted by Crippen LogP contribution is 2.21. The van der Waals surface area contributed by atoms with Crippen LogP contribution in [0.4, 0.5) is 0 Å². The van der Waals surface area contributed by atoms with Crippen molar-refractivity contribution in [3.63, 3.8) is 0 Å². The number of nitrogens with zero attached hydrogens (tertiary/aromatic N) is 1. The zero-order valence-corrected chi connectivity index (χ0v) is 11.5. The molecule has 6 nitrogen and oxygen atoms in total. The fourth-order valence-corrected chi connectivity index (χ4v) is 1.91. The minimum atomic E-state index is -0.544. The lowest BCUT2D eigenvalue weighted by Gasteiger charge is -2.20. The normalized spacial score (nSPS) is 14.4. The maximum atomic E-state index is 12.0. The van der Waals surface area contributed by atoms with Crippen LogP contribution in [0.3, 0.4) is 0 Å². The Morgan fingerprint density at radius 3 is 2.15 bits per heavy atom. The summed E-state index contributed by atoms with van der Waals surface area (Å²) in [6.07, 6.45) is 0. The second-order valence-electron chi connectivity index (χ2n) is 5.51. The monoisotopic (exact) mass is 275 g/mol. The van der Waals surface area contributed by atoms with Crippen LogP contribution in [0.1, 0.15) is 34.6 Å². The molecule has 6 heteroatoms. The lowest BCUT2D eigenvalue weighted by molar-refractivity contribution is -0.121. The molecule has 1 aromatic carbocycles. The molecule has 1 aromatic rings. The molecule has 20 heavy (non-hydrogen) atoms. The molecule has 0 fully saturated rings. The predicted molar refractivity (Wildman–Crippen MR) is 73.1 cm³/mol. The molecule has 0 atom stereocenters. The number of nitrogens with one attached hydrogen (secondary N) is 1. The highest BCUT2D eigenvalue weighted by Gasteiger charge is 2.36. The molecular formula is C14H17N3O3. The van der Waals surface area contributed by atoms with Gasteiger partial charge in [0.2, 0.25) is 5.91 Å². The number of hydrogen-bond donors (Lipinski definition) is 2. The third-order valence-electron chi connectivity index (χ3n) is 2.92. The summed E-state index contributed by atoms with van der Waals surface area (Å²) >= 11 is 0. The average Bonchev–Trinajstić information content (AvgIpc) is 2.62. The van der Waals surface area contributed by atoms with Crippen LogP contribution in [0.15, 0.2) is 24.3 Å². The quantitative estimate of drug-likeness (QED) is 0.764. The first-order valence-corrected chi connectivity index (χ1v) is 6.30. The summed E-state index contributed by atoms with van der Waals surface area (Å²) in [4.78, 5) is 36.8. The van der Waals surface area contributed by atoms with E-state index in [4.69, 9.17) is 5.73 Å². The zero-order valence-electron chi connectivity index (χ0n) is 11.5. The molecule has 0 saturated carbocycles. The fraction of sp³-hybridized carbons (Fsp3) is 0.357. The van der Waals surface area contributed by atoms with Gasteiger partial charge in [-0.05, 0) is 26.0 Å². The summed E-state index contributed by atoms with van der Waals surface area (Å²) < 4.78 is 0. The van der Waals surface area contributed by atoms with Gasteiger partial charge in [-0.1, -0.05) is 12.1 Å². The van der Waals surface area contributed by atoms with E-state index in [2.05, 4.69) is 5.32 Å². The third kappa shape index (κ3) is 2.85. The van der Waals surface area contributed by atoms with Crippen molar-refractivity contribution in [3.05, 3.63) is 35.4 Å². The minimum absolute atomic E-state index is 0.273. The lowest BCUT2D eigenvalue weighted by Crippen LogP contribution is -2.48. The van der Waals surface area contributed by atoms with E-state index >= 15 is 0 Å². The largest absolute Gasteiger partial charge is 0.353 e. The van der Waals surface area contributed by atoms with E-state index in [1.165, 1.54) is 0 Å². The number of amides is 3. The number of fused-ring (bicyclic) bond motifs is 1. The van der Waals surface area contributed by atoms with Crippen molar-refractivity contribution in [2.24, 2.45) is 5.73 Å². The van der Waals surface area contributed by atoms with Crippen LogP contribution in [-0.2, 0) is 4.79 Å². The number of nitrogens with two attached hydrogens (primary N) is 1. The second-order valence-corrected chi connectivity index (χ2v) is 5.51. The molecule has 3 amide bonds. The molecule has 0 aromatic heterocycles. The first-order valence-electron chi connectivity index (χ1n) is 6.30. The zero-order chi connectivity index (χ0) is 14.9. The van der Waals surface area contributed by atoms with Crippen LogP contribution in [-0.4, -0.2) is 41.2 Å². The number of hydrogen-bond acceptors (Lipinski definition) is 4. The van der Waals surface area contributed by atoms with Crippen LogP contribution >= 0.6 is 0 Å². The predicted octanol–water partition coefficient (Wildman–Crippen LogP) is 0.136. The Balaban J connectivity index is 2.04. The number of rotatable bonds is 4. The molecule has 0 spiro atoms. The Hall–Kier alpha value is -2.21. The number of carbonyl (C=O) groups excluding carboxylic acids is 3. The highest BCUT2D eigenvalue weighted by atomic mass is 16.2. The molecule has 3 N–H and O–H groups in total. The van der Waals surface area contributed by atoms with Crippen molar-refractivity contribution >= 4 is 17.7 Å². The average molecular weight is 275 g/mol. The van der Waals surface area contributed by atoms with Crippen molar-refractivity contribution in [3.8, 4) is 0 Å². The van der Waals surface area contributed by atoms with Gasteiger partial charge in [0, 0.05) is 12.1 Å². The van der Waals surface area contributed by atoms with Gasteiger partial charge >= 0.3 is 0 Å². The van der Waals surface area contributed by atoms with Gasteiger partial charge in [0.15, 0.2) is 0 Å². The van der Waals surface area contributed by atoms with Crippen LogP contribution < -0.4 is 11.1 Å². The summed E-state index contributed by atoms with van der Waals surface area (Å²) in [6, 6.07) is 6.53. The lowest BCUT2D eigenvalue weighted by atomic mass is 10.1. The summed E-state index contributed by atoms with van der Waals surface area (Å²) in [5.41, 5.74) is 5.88. The molecule has 1 aliphatic heterocycles. The van der Waals surface area contributed by atoms with Gasteiger partial charge in [0.05, 0.1) is 11.1 Å². The van der Waals surface area contributed by atoms with Gasteiger partial charge in [-0.25, -0.2) is 0 Å². The Kier molecular flexibility index (Phi) is 3.59. The molecular weight excluding hydrogens is 258 g/mol. The Morgan fingerprint density at radius 1 is 1.20 bits per heavy atom. The smallest absolute Gasteiger partial charge is 0.262 e. The highest BCUT2D eigenvalue weighted by molar-refractivity contribution is 6.22. The van der Waals surface area contributed by atoms with Crippen LogP contribution in [0.5, 0.6) is 0 Å². The van der Waals surface area contributed by atoms with Gasteiger partial charge in [-0.15, -0.1) is 0 Å². The SMILES string of the molecule is CC(C)(N)CNC(=O)CN1C(=O)c2ccccc2C1=O. The Labute approximate surface area is 116 Å². The van der Waals surface area contributed by atoms with Gasteiger partial charge in [0.1, 0.15) is 6.54 Å². The van der Waals surface area contributed by atoms with E-state index in [-0.39, 0.29) is 13.1 Å². The van der Waals surface area contributed by atoms with Crippen molar-refractivity contribution in [1.29, 1.82) is 0 Å². The van der Waals surface area contributed by atoms with E-state index in [0.717, 1.165) is 4.90 Å². The van der Waals surface area contributed by atoms with Gasteiger partial charge in [-0.3, -0.25) is 19.3 Å². The minimum Gasteiger partial charge on any atom is -0.353 e. The summed E-state index contributed by atoms with van der Waals surface area (Å²) in [6.45, 7) is 3.53. The molecule has 0 saturated heterocycles. The summed E-state index contributed by atoms with van der Waals surface area (Å²) in [5.74, 6) is -1.28. The first-order chi connectivity index (χ1) is 9.29. The Morgan fingerprint density at radius 2 is 1.70 bits per heavy atom. The molecule has 0 aliphatic carbocycles. The summed E-state index contributed by atoms with van der Waals surface area (Å²) in [7, 11) is 0. The topological polar surface area (TPSA) is 92.5 Å². The van der Waals surface area contributed by atoms with E-state index in [9.17, 15) is 14.4 Å². The standard InChI is InChI=1S/C14H17N3O3/c1-14(2,15)8-16-11(18)7-17-12(19)9-5-3-4-6-10(9)13(17)20/h3-6H,7-8,15H2,1-2H3,(H,16,18). The molecule has 1 heterocycles. The van der Waals surface area contributed by atoms with Gasteiger partial charge in [-0.2, -0.15) is 0 Å². The number of benzene rings is 1. The summed E-state index contributed by atoms with van der Waals surface area (Å²) in [5, 5.41) is 2.61. The molecule has 0 radical (unpaired) electrons. The van der Waals surface area contributed by atoms with E-state index in [1.807, 2.05) is 0 Å². The van der Waals surface area contributed by atoms with E-state index in [1.54, 1.807) is 38.1 Å². The van der Waals surface area contributed by atoms with E-state index in [0.29, 0.717) is 11.1 Å². The number of imide groups is 1. The van der Waals surface area contributed by atoms with Crippen LogP contribution in [0.2, 0.25) is 0 Å².